The van der Waals surface area contributed by atoms with E-state index in [1.165, 1.54) is 10.8 Å². The molecule has 0 radical (unpaired) electrons. The van der Waals surface area contributed by atoms with Gasteiger partial charge in [-0.2, -0.15) is 0 Å². The summed E-state index contributed by atoms with van der Waals surface area (Å²) in [6, 6.07) is 63.2. The van der Waals surface area contributed by atoms with Gasteiger partial charge in [0.1, 0.15) is 0 Å². The third kappa shape index (κ3) is 7.55. The molecule has 2 aromatic heterocycles. The van der Waals surface area contributed by atoms with Crippen LogP contribution in [0.15, 0.2) is 182 Å². The molecule has 0 fully saturated rings. The van der Waals surface area contributed by atoms with Crippen LogP contribution in [0.5, 0.6) is 0 Å². The number of hydrogen-bond donors (Lipinski definition) is 0. The Kier molecular flexibility index (Phi) is 10.0. The summed E-state index contributed by atoms with van der Waals surface area (Å²) in [5.41, 5.74) is 14.8. The van der Waals surface area contributed by atoms with Gasteiger partial charge in [0.05, 0.1) is 0 Å². The van der Waals surface area contributed by atoms with Crippen LogP contribution < -0.4 is 0 Å². The van der Waals surface area contributed by atoms with E-state index >= 15 is 0 Å². The third-order valence-electron chi connectivity index (χ3n) is 11.6. The van der Waals surface area contributed by atoms with Crippen molar-refractivity contribution in [3.63, 3.8) is 0 Å². The minimum absolute atomic E-state index is 0.645. The monoisotopic (exact) mass is 798 g/mol. The Morgan fingerprint density at radius 3 is 0.790 bits per heavy atom. The van der Waals surface area contributed by atoms with E-state index < -0.39 is 0 Å². The molecule has 6 heteroatoms. The van der Waals surface area contributed by atoms with Gasteiger partial charge < -0.3 is 0 Å². The summed E-state index contributed by atoms with van der Waals surface area (Å²) >= 11 is 0. The molecule has 0 saturated heterocycles. The number of aryl methyl sites for hydroxylation is 4. The molecule has 8 aromatic carbocycles. The van der Waals surface area contributed by atoms with Crippen molar-refractivity contribution in [2.75, 3.05) is 0 Å². The van der Waals surface area contributed by atoms with Gasteiger partial charge in [-0.15, -0.1) is 0 Å². The van der Waals surface area contributed by atoms with Gasteiger partial charge in [-0.25, -0.2) is 29.9 Å². The van der Waals surface area contributed by atoms with Crippen molar-refractivity contribution in [1.82, 2.24) is 29.9 Å². The summed E-state index contributed by atoms with van der Waals surface area (Å²) in [6.07, 6.45) is 0. The molecule has 0 unspecified atom stereocenters. The minimum atomic E-state index is 0.645. The summed E-state index contributed by atoms with van der Waals surface area (Å²) in [4.78, 5) is 29.9. The van der Waals surface area contributed by atoms with E-state index in [0.29, 0.717) is 34.9 Å². The fraction of sp³-hybridized carbons (Fsp3) is 0.0714. The molecule has 0 saturated carbocycles. The second-order valence-electron chi connectivity index (χ2n) is 15.8. The first kappa shape index (κ1) is 38.3. The molecule has 0 atom stereocenters. The lowest BCUT2D eigenvalue weighted by molar-refractivity contribution is 1.07. The normalized spacial score (nSPS) is 11.2. The molecular formula is C56H42N6. The lowest BCUT2D eigenvalue weighted by atomic mass is 9.96. The maximum Gasteiger partial charge on any atom is 0.164 e. The van der Waals surface area contributed by atoms with Gasteiger partial charge in [0.15, 0.2) is 34.9 Å². The molecule has 0 bridgehead atoms. The van der Waals surface area contributed by atoms with Crippen molar-refractivity contribution >= 4 is 10.8 Å². The maximum absolute atomic E-state index is 5.00. The first-order valence-electron chi connectivity index (χ1n) is 20.9. The molecule has 2 heterocycles. The fourth-order valence-electron chi connectivity index (χ4n) is 8.02. The first-order chi connectivity index (χ1) is 30.3. The quantitative estimate of drug-likeness (QED) is 0.152. The molecule has 0 amide bonds. The van der Waals surface area contributed by atoms with Gasteiger partial charge >= 0.3 is 0 Å². The van der Waals surface area contributed by atoms with Crippen molar-refractivity contribution in [3.05, 3.63) is 204 Å². The van der Waals surface area contributed by atoms with Crippen LogP contribution in [-0.2, 0) is 0 Å². The SMILES string of the molecule is Cc1ccccc1-c1nc(-c2ccc(-c3ccc4ccc(-c5ccc(-c6nc(-c7ccccc7C)nc(-c7ccccc7C)n6)cc5)cc4c3)cc2)nc(-c2ccccc2C)n1. The number of nitrogens with zero attached hydrogens (tertiary/aromatic N) is 6. The van der Waals surface area contributed by atoms with E-state index in [9.17, 15) is 0 Å². The second-order valence-corrected chi connectivity index (χ2v) is 15.8. The summed E-state index contributed by atoms with van der Waals surface area (Å²) in [5.74, 6) is 3.96. The molecular weight excluding hydrogens is 757 g/mol. The van der Waals surface area contributed by atoms with Gasteiger partial charge in [-0.1, -0.05) is 170 Å². The van der Waals surface area contributed by atoms with E-state index in [2.05, 4.69) is 161 Å². The van der Waals surface area contributed by atoms with Crippen LogP contribution >= 0.6 is 0 Å². The summed E-state index contributed by atoms with van der Waals surface area (Å²) in [6.45, 7) is 8.36. The van der Waals surface area contributed by atoms with Crippen LogP contribution in [-0.4, -0.2) is 29.9 Å². The summed E-state index contributed by atoms with van der Waals surface area (Å²) in [5, 5.41) is 2.35. The Labute approximate surface area is 361 Å². The molecule has 0 spiro atoms. The zero-order valence-electron chi connectivity index (χ0n) is 35.0. The molecule has 0 N–H and O–H groups in total. The number of aromatic nitrogens is 6. The lowest BCUT2D eigenvalue weighted by Gasteiger charge is -2.12. The zero-order chi connectivity index (χ0) is 42.2. The molecule has 10 rings (SSSR count). The first-order valence-corrected chi connectivity index (χ1v) is 20.9. The molecule has 0 aliphatic carbocycles. The van der Waals surface area contributed by atoms with Crippen LogP contribution in [0.1, 0.15) is 22.3 Å². The standard InChI is InChI=1S/C56H42N6/c1-35-13-5-9-17-47(35)53-57-51(58-54(61-53)48-18-10-6-14-36(48)2)42-27-21-39(22-28-42)44-31-25-41-26-32-45(34-46(41)33-44)40-23-29-43(30-24-40)52-59-55(49-19-11-7-15-37(49)3)62-56(60-52)50-20-12-8-16-38(50)4/h5-34H,1-4H3. The number of fused-ring (bicyclic) bond motifs is 1. The molecule has 0 aliphatic heterocycles. The maximum atomic E-state index is 5.00. The Morgan fingerprint density at radius 1 is 0.226 bits per heavy atom. The van der Waals surface area contributed by atoms with E-state index in [0.717, 1.165) is 77.9 Å². The highest BCUT2D eigenvalue weighted by atomic mass is 15.0. The van der Waals surface area contributed by atoms with Crippen LogP contribution in [0.3, 0.4) is 0 Å². The average molecular weight is 799 g/mol. The predicted molar refractivity (Wildman–Crippen MR) is 253 cm³/mol. The van der Waals surface area contributed by atoms with Crippen molar-refractivity contribution in [2.45, 2.75) is 27.7 Å². The highest BCUT2D eigenvalue weighted by molar-refractivity contribution is 5.91. The Hall–Kier alpha value is -7.96. The summed E-state index contributed by atoms with van der Waals surface area (Å²) in [7, 11) is 0. The van der Waals surface area contributed by atoms with E-state index in [1.807, 2.05) is 48.5 Å². The topological polar surface area (TPSA) is 77.3 Å². The van der Waals surface area contributed by atoms with Gasteiger partial charge in [-0.05, 0) is 95.1 Å². The Bertz CT molecular complexity index is 2940. The highest BCUT2D eigenvalue weighted by Crippen LogP contribution is 2.33. The molecule has 62 heavy (non-hydrogen) atoms. The average Bonchev–Trinajstić information content (AvgIpc) is 3.31. The molecule has 6 nitrogen and oxygen atoms in total. The van der Waals surface area contributed by atoms with Gasteiger partial charge in [0, 0.05) is 33.4 Å². The van der Waals surface area contributed by atoms with E-state index in [4.69, 9.17) is 29.9 Å². The Balaban J connectivity index is 0.954. The number of benzene rings is 8. The second kappa shape index (κ2) is 16.2. The van der Waals surface area contributed by atoms with Crippen LogP contribution in [0.2, 0.25) is 0 Å². The van der Waals surface area contributed by atoms with Crippen LogP contribution in [0, 0.1) is 27.7 Å². The van der Waals surface area contributed by atoms with Crippen molar-refractivity contribution in [2.24, 2.45) is 0 Å². The molecule has 0 aliphatic rings. The lowest BCUT2D eigenvalue weighted by Crippen LogP contribution is -2.01. The van der Waals surface area contributed by atoms with Gasteiger partial charge in [0.25, 0.3) is 0 Å². The fourth-order valence-corrected chi connectivity index (χ4v) is 8.02. The molecule has 10 aromatic rings. The van der Waals surface area contributed by atoms with Crippen molar-refractivity contribution < 1.29 is 0 Å². The van der Waals surface area contributed by atoms with Gasteiger partial charge in [-0.3, -0.25) is 0 Å². The van der Waals surface area contributed by atoms with Crippen LogP contribution in [0.4, 0.5) is 0 Å². The van der Waals surface area contributed by atoms with Crippen molar-refractivity contribution in [3.8, 4) is 90.6 Å². The zero-order valence-corrected chi connectivity index (χ0v) is 35.0. The van der Waals surface area contributed by atoms with Crippen molar-refractivity contribution in [1.29, 1.82) is 0 Å². The number of hydrogen-bond acceptors (Lipinski definition) is 6. The minimum Gasteiger partial charge on any atom is -0.208 e. The Morgan fingerprint density at radius 2 is 0.484 bits per heavy atom. The van der Waals surface area contributed by atoms with E-state index in [-0.39, 0.29) is 0 Å². The molecule has 296 valence electrons. The third-order valence-corrected chi connectivity index (χ3v) is 11.6. The number of rotatable bonds is 8. The smallest absolute Gasteiger partial charge is 0.164 e. The van der Waals surface area contributed by atoms with E-state index in [1.54, 1.807) is 0 Å². The largest absolute Gasteiger partial charge is 0.208 e. The van der Waals surface area contributed by atoms with Gasteiger partial charge in [0.2, 0.25) is 0 Å². The predicted octanol–water partition coefficient (Wildman–Crippen LogP) is 13.8. The summed E-state index contributed by atoms with van der Waals surface area (Å²) < 4.78 is 0. The highest BCUT2D eigenvalue weighted by Gasteiger charge is 2.17. The van der Waals surface area contributed by atoms with Crippen LogP contribution in [0.25, 0.3) is 101 Å².